The molecule has 1 aromatic heterocycles. The van der Waals surface area contributed by atoms with Gasteiger partial charge in [-0.1, -0.05) is 0 Å². The average Bonchev–Trinajstić information content (AvgIpc) is 2.69. The third-order valence-electron chi connectivity index (χ3n) is 2.32. The zero-order valence-electron chi connectivity index (χ0n) is 9.01. The van der Waals surface area contributed by atoms with Crippen LogP contribution in [0.5, 0.6) is 0 Å². The molecule has 0 saturated carbocycles. The lowest BCUT2D eigenvalue weighted by Crippen LogP contribution is -2.06. The number of anilines is 1. The molecule has 0 aliphatic carbocycles. The number of hydrogen-bond donors (Lipinski definition) is 1. The summed E-state index contributed by atoms with van der Waals surface area (Å²) in [6.07, 6.45) is 0. The Bertz CT molecular complexity index is 529. The lowest BCUT2D eigenvalue weighted by molar-refractivity contribution is 0.627. The molecule has 5 heteroatoms. The van der Waals surface area contributed by atoms with Gasteiger partial charge in [-0.15, -0.1) is 11.3 Å². The molecule has 0 spiro atoms. The summed E-state index contributed by atoms with van der Waals surface area (Å²) < 4.78 is 15.0. The third kappa shape index (κ3) is 3.42. The van der Waals surface area contributed by atoms with Crippen molar-refractivity contribution in [3.63, 3.8) is 0 Å². The van der Waals surface area contributed by atoms with E-state index in [1.54, 1.807) is 17.4 Å². The van der Waals surface area contributed by atoms with Crippen molar-refractivity contribution in [1.82, 2.24) is 0 Å². The highest BCUT2D eigenvalue weighted by Gasteiger charge is 2.09. The highest BCUT2D eigenvalue weighted by atomic mass is 127. The molecule has 1 N–H and O–H groups in total. The van der Waals surface area contributed by atoms with Crippen LogP contribution in [0, 0.1) is 9.39 Å². The normalized spacial score (nSPS) is 12.5. The molecule has 2 rings (SSSR count). The summed E-state index contributed by atoms with van der Waals surface area (Å²) in [6, 6.07) is 9.11. The molecular weight excluding hydrogens is 416 g/mol. The van der Waals surface area contributed by atoms with Gasteiger partial charge in [0.1, 0.15) is 5.82 Å². The molecule has 1 nitrogen and oxygen atoms in total. The molecule has 0 amide bonds. The number of nitrogens with one attached hydrogen (secondary N) is 1. The summed E-state index contributed by atoms with van der Waals surface area (Å²) in [7, 11) is 0. The van der Waals surface area contributed by atoms with Crippen molar-refractivity contribution >= 4 is 55.5 Å². The van der Waals surface area contributed by atoms with Gasteiger partial charge in [0.05, 0.1) is 9.83 Å². The number of hydrogen-bond acceptors (Lipinski definition) is 2. The summed E-state index contributed by atoms with van der Waals surface area (Å²) in [5.74, 6) is -0.202. The number of thiophene rings is 1. The number of benzene rings is 1. The smallest absolute Gasteiger partial charge is 0.124 e. The molecule has 17 heavy (non-hydrogen) atoms. The van der Waals surface area contributed by atoms with Gasteiger partial charge in [0.25, 0.3) is 0 Å². The molecule has 0 bridgehead atoms. The van der Waals surface area contributed by atoms with Crippen molar-refractivity contribution in [2.75, 3.05) is 5.32 Å². The van der Waals surface area contributed by atoms with Gasteiger partial charge in [-0.2, -0.15) is 0 Å². The van der Waals surface area contributed by atoms with Crippen LogP contribution in [0.25, 0.3) is 0 Å². The topological polar surface area (TPSA) is 12.0 Å². The number of rotatable bonds is 3. The van der Waals surface area contributed by atoms with Crippen molar-refractivity contribution in [2.24, 2.45) is 0 Å². The molecule has 0 saturated heterocycles. The van der Waals surface area contributed by atoms with E-state index in [9.17, 15) is 4.39 Å². The molecular formula is C12H10BrFINS. The van der Waals surface area contributed by atoms with Crippen molar-refractivity contribution in [3.8, 4) is 0 Å². The van der Waals surface area contributed by atoms with Gasteiger partial charge in [-0.25, -0.2) is 4.39 Å². The Labute approximate surface area is 126 Å². The van der Waals surface area contributed by atoms with E-state index in [1.165, 1.54) is 17.0 Å². The first-order chi connectivity index (χ1) is 8.06. The predicted octanol–water partition coefficient (Wildman–Crippen LogP) is 5.43. The van der Waals surface area contributed by atoms with Crippen LogP contribution in [-0.4, -0.2) is 0 Å². The van der Waals surface area contributed by atoms with Crippen molar-refractivity contribution in [1.29, 1.82) is 0 Å². The van der Waals surface area contributed by atoms with Crippen LogP contribution in [0.2, 0.25) is 0 Å². The fraction of sp³-hybridized carbons (Fsp3) is 0.167. The van der Waals surface area contributed by atoms with E-state index in [0.29, 0.717) is 0 Å². The highest BCUT2D eigenvalue weighted by molar-refractivity contribution is 14.1. The first-order valence-corrected chi connectivity index (χ1v) is 7.72. The van der Waals surface area contributed by atoms with E-state index in [4.69, 9.17) is 0 Å². The molecule has 0 radical (unpaired) electrons. The van der Waals surface area contributed by atoms with Gasteiger partial charge in [0.15, 0.2) is 0 Å². The second-order valence-electron chi connectivity index (χ2n) is 3.63. The van der Waals surface area contributed by atoms with Gasteiger partial charge in [0.2, 0.25) is 0 Å². The van der Waals surface area contributed by atoms with E-state index in [1.807, 2.05) is 6.07 Å². The fourth-order valence-electron chi connectivity index (χ4n) is 1.47. The Kier molecular flexibility index (Phi) is 4.43. The second kappa shape index (κ2) is 5.67. The minimum Gasteiger partial charge on any atom is -0.377 e. The van der Waals surface area contributed by atoms with Gasteiger partial charge in [0, 0.05) is 14.1 Å². The van der Waals surface area contributed by atoms with Crippen LogP contribution in [0.4, 0.5) is 10.1 Å². The maximum absolute atomic E-state index is 13.0. The highest BCUT2D eigenvalue weighted by Crippen LogP contribution is 2.30. The van der Waals surface area contributed by atoms with Crippen LogP contribution >= 0.6 is 49.9 Å². The minimum absolute atomic E-state index is 0.202. The molecule has 1 heterocycles. The second-order valence-corrected chi connectivity index (χ2v) is 7.29. The summed E-state index contributed by atoms with van der Waals surface area (Å²) in [6.45, 7) is 2.09. The van der Waals surface area contributed by atoms with Gasteiger partial charge >= 0.3 is 0 Å². The predicted molar refractivity (Wildman–Crippen MR) is 83.2 cm³/mol. The van der Waals surface area contributed by atoms with Gasteiger partial charge < -0.3 is 5.32 Å². The fourth-order valence-corrected chi connectivity index (χ4v) is 3.53. The van der Waals surface area contributed by atoms with Gasteiger partial charge in [-0.3, -0.25) is 0 Å². The zero-order valence-corrected chi connectivity index (χ0v) is 13.6. The van der Waals surface area contributed by atoms with E-state index in [2.05, 4.69) is 56.8 Å². The molecule has 0 fully saturated rings. The molecule has 1 unspecified atom stereocenters. The zero-order chi connectivity index (χ0) is 12.4. The van der Waals surface area contributed by atoms with E-state index >= 15 is 0 Å². The van der Waals surface area contributed by atoms with Crippen molar-refractivity contribution in [3.05, 3.63) is 48.4 Å². The quantitative estimate of drug-likeness (QED) is 0.646. The first kappa shape index (κ1) is 13.3. The summed E-state index contributed by atoms with van der Waals surface area (Å²) in [5.41, 5.74) is 0.962. The van der Waals surface area contributed by atoms with Crippen molar-refractivity contribution in [2.45, 2.75) is 13.0 Å². The Hall–Kier alpha value is -0.140. The molecule has 0 aliphatic heterocycles. The van der Waals surface area contributed by atoms with Crippen LogP contribution in [0.1, 0.15) is 17.8 Å². The van der Waals surface area contributed by atoms with Crippen LogP contribution < -0.4 is 5.32 Å². The Balaban J connectivity index is 2.15. The Morgan fingerprint density at radius 2 is 2.12 bits per heavy atom. The molecule has 0 aliphatic rings. The minimum atomic E-state index is -0.202. The maximum Gasteiger partial charge on any atom is 0.124 e. The third-order valence-corrected chi connectivity index (χ3v) is 5.02. The SMILES string of the molecule is CC(Nc1ccc(F)cc1I)c1ccc(Br)s1. The Morgan fingerprint density at radius 3 is 2.71 bits per heavy atom. The standard InChI is InChI=1S/C12H10BrFINS/c1-7(11-4-5-12(13)17-11)16-10-3-2-8(14)6-9(10)15/h2-7,16H,1H3. The number of halogens is 3. The largest absolute Gasteiger partial charge is 0.377 e. The molecule has 90 valence electrons. The summed E-state index contributed by atoms with van der Waals surface area (Å²) >= 11 is 7.29. The van der Waals surface area contributed by atoms with Crippen LogP contribution in [0.3, 0.4) is 0 Å². The summed E-state index contributed by atoms with van der Waals surface area (Å²) in [4.78, 5) is 1.25. The van der Waals surface area contributed by atoms with E-state index in [-0.39, 0.29) is 11.9 Å². The van der Waals surface area contributed by atoms with Gasteiger partial charge in [-0.05, 0) is 75.8 Å². The van der Waals surface area contributed by atoms with E-state index in [0.717, 1.165) is 13.0 Å². The van der Waals surface area contributed by atoms with E-state index < -0.39 is 0 Å². The maximum atomic E-state index is 13.0. The van der Waals surface area contributed by atoms with Crippen LogP contribution in [-0.2, 0) is 0 Å². The average molecular weight is 426 g/mol. The monoisotopic (exact) mass is 425 g/mol. The van der Waals surface area contributed by atoms with Crippen LogP contribution in [0.15, 0.2) is 34.1 Å². The molecule has 1 aromatic carbocycles. The molecule has 1 atom stereocenters. The lowest BCUT2D eigenvalue weighted by atomic mass is 10.2. The lowest BCUT2D eigenvalue weighted by Gasteiger charge is -2.15. The molecule has 2 aromatic rings. The first-order valence-electron chi connectivity index (χ1n) is 5.03. The Morgan fingerprint density at radius 1 is 1.35 bits per heavy atom. The van der Waals surface area contributed by atoms with Crippen molar-refractivity contribution < 1.29 is 4.39 Å². The summed E-state index contributed by atoms with van der Waals surface area (Å²) in [5, 5.41) is 3.38.